The van der Waals surface area contributed by atoms with Crippen LogP contribution in [0.3, 0.4) is 0 Å². The number of nitrogens with two attached hydrogens (primary N) is 1. The number of ether oxygens (including phenoxy) is 1. The van der Waals surface area contributed by atoms with Crippen LogP contribution in [0.15, 0.2) is 63.1 Å². The normalized spacial score (nSPS) is 12.2. The number of nitrogens with zero attached hydrogens (tertiary/aromatic N) is 1. The highest BCUT2D eigenvalue weighted by Crippen LogP contribution is 2.34. The zero-order valence-corrected chi connectivity index (χ0v) is 16.5. The molecule has 0 aliphatic heterocycles. The molecule has 2 rings (SSSR count). The zero-order valence-electron chi connectivity index (χ0n) is 15.7. The topological polar surface area (TPSA) is 84.9 Å². The molecule has 150 valence electrons. The maximum Gasteiger partial charge on any atom is 0.150 e. The summed E-state index contributed by atoms with van der Waals surface area (Å²) in [6, 6.07) is 13.4. The summed E-state index contributed by atoms with van der Waals surface area (Å²) in [6.45, 7) is 6.24. The number of amidine groups is 1. The van der Waals surface area contributed by atoms with Crippen molar-refractivity contribution in [3.05, 3.63) is 64.9 Å². The largest absolute Gasteiger partial charge is 0.512 e. The van der Waals surface area contributed by atoms with E-state index in [-0.39, 0.29) is 19.0 Å². The summed E-state index contributed by atoms with van der Waals surface area (Å²) in [5.74, 6) is 0.425. The molecular weight excluding hydrogens is 372 g/mol. The van der Waals surface area contributed by atoms with Gasteiger partial charge in [0.15, 0.2) is 0 Å². The summed E-state index contributed by atoms with van der Waals surface area (Å²) in [5, 5.41) is 9.56. The van der Waals surface area contributed by atoms with Crippen LogP contribution < -0.4 is 5.73 Å². The van der Waals surface area contributed by atoms with Crippen molar-refractivity contribution < 1.29 is 14.6 Å². The van der Waals surface area contributed by atoms with E-state index < -0.39 is 0 Å². The molecule has 0 amide bonds. The van der Waals surface area contributed by atoms with Crippen LogP contribution in [0, 0.1) is 0 Å². The lowest BCUT2D eigenvalue weighted by Gasteiger charge is -2.13. The number of hydrogen-bond donors (Lipinski definition) is 2. The smallest absolute Gasteiger partial charge is 0.150 e. The molecule has 2 aromatic rings. The Kier molecular flexibility index (Phi) is 9.48. The van der Waals surface area contributed by atoms with Crippen molar-refractivity contribution in [3.63, 3.8) is 0 Å². The fourth-order valence-corrected chi connectivity index (χ4v) is 3.15. The number of allylic oxidation sites excluding steroid dienone is 1. The van der Waals surface area contributed by atoms with Crippen LogP contribution in [0.25, 0.3) is 11.1 Å². The average molecular weight is 401 g/mol. The third kappa shape index (κ3) is 5.97. The van der Waals surface area contributed by atoms with Crippen LogP contribution in [0.5, 0.6) is 0 Å². The average Bonchev–Trinajstić information content (AvgIpc) is 2.69. The lowest BCUT2D eigenvalue weighted by Crippen LogP contribution is -2.13. The van der Waals surface area contributed by atoms with E-state index >= 15 is 0 Å². The second kappa shape index (κ2) is 11.3. The van der Waals surface area contributed by atoms with Gasteiger partial charge in [-0.05, 0) is 49.6 Å². The number of carbonyl (C=O) groups is 1. The molecule has 0 saturated carbocycles. The maximum atomic E-state index is 11.1. The minimum Gasteiger partial charge on any atom is -0.512 e. The summed E-state index contributed by atoms with van der Waals surface area (Å²) >= 11 is 1.25. The molecule has 0 atom stereocenters. The number of hydrogen-bond acceptors (Lipinski definition) is 5. The Morgan fingerprint density at radius 3 is 2.57 bits per heavy atom. The van der Waals surface area contributed by atoms with Crippen LogP contribution in [-0.4, -0.2) is 23.8 Å². The third-order valence-corrected chi connectivity index (χ3v) is 4.91. The van der Waals surface area contributed by atoms with Crippen LogP contribution in [0.2, 0.25) is 0 Å². The van der Waals surface area contributed by atoms with Gasteiger partial charge in [0.2, 0.25) is 0 Å². The molecule has 2 aromatic carbocycles. The maximum absolute atomic E-state index is 11.1. The molecule has 0 unspecified atom stereocenters. The van der Waals surface area contributed by atoms with E-state index in [1.165, 1.54) is 11.9 Å². The number of rotatable bonds is 8. The van der Waals surface area contributed by atoms with Gasteiger partial charge >= 0.3 is 0 Å². The predicted molar refractivity (Wildman–Crippen MR) is 118 cm³/mol. The van der Waals surface area contributed by atoms with E-state index in [4.69, 9.17) is 10.5 Å². The first-order valence-electron chi connectivity index (χ1n) is 8.60. The summed E-state index contributed by atoms with van der Waals surface area (Å²) < 4.78 is 9.91. The minimum atomic E-state index is 0. The van der Waals surface area contributed by atoms with Gasteiger partial charge in [-0.25, -0.2) is 0 Å². The van der Waals surface area contributed by atoms with Crippen molar-refractivity contribution >= 4 is 24.1 Å². The van der Waals surface area contributed by atoms with Gasteiger partial charge in [-0.1, -0.05) is 37.8 Å². The second-order valence-electron chi connectivity index (χ2n) is 5.95. The highest BCUT2D eigenvalue weighted by molar-refractivity contribution is 7.98. The van der Waals surface area contributed by atoms with Crippen LogP contribution in [-0.2, 0) is 11.3 Å². The standard InChI is InChI=1S/C21H24N2O3S.CH4/c1-4-26-13-17-11-16(12-24)9-10-18(17)19-7-5-6-8-20(19)27-23-21(22)14(2)15(3)25;/h5-12,25H,4,13H2,1-3H3,(H2,22,23);1H4/b15-14-;. The van der Waals surface area contributed by atoms with Gasteiger partial charge in [-0.3, -0.25) is 4.79 Å². The van der Waals surface area contributed by atoms with Crippen LogP contribution in [0.1, 0.15) is 44.1 Å². The number of aldehydes is 1. The quantitative estimate of drug-likeness (QED) is 0.199. The van der Waals surface area contributed by atoms with Crippen molar-refractivity contribution in [2.75, 3.05) is 6.61 Å². The Balaban J connectivity index is 0.00000392. The molecule has 0 saturated heterocycles. The molecule has 0 fully saturated rings. The number of aliphatic hydroxyl groups is 1. The van der Waals surface area contributed by atoms with E-state index in [9.17, 15) is 9.90 Å². The lowest BCUT2D eigenvalue weighted by atomic mass is 9.98. The zero-order chi connectivity index (χ0) is 19.8. The van der Waals surface area contributed by atoms with E-state index in [2.05, 4.69) is 4.40 Å². The minimum absolute atomic E-state index is 0. The highest BCUT2D eigenvalue weighted by Gasteiger charge is 2.12. The van der Waals surface area contributed by atoms with Crippen molar-refractivity contribution in [2.45, 2.75) is 39.7 Å². The van der Waals surface area contributed by atoms with E-state index in [1.807, 2.05) is 43.3 Å². The molecule has 28 heavy (non-hydrogen) atoms. The first-order valence-corrected chi connectivity index (χ1v) is 9.37. The summed E-state index contributed by atoms with van der Waals surface area (Å²) in [4.78, 5) is 12.1. The third-order valence-electron chi connectivity index (χ3n) is 4.07. The van der Waals surface area contributed by atoms with Crippen LogP contribution in [0.4, 0.5) is 0 Å². The molecule has 3 N–H and O–H groups in total. The predicted octanol–water partition coefficient (Wildman–Crippen LogP) is 5.55. The Bertz CT molecular complexity index is 872. The molecular formula is C22H28N2O3S. The molecule has 0 heterocycles. The highest BCUT2D eigenvalue weighted by atomic mass is 32.2. The lowest BCUT2D eigenvalue weighted by molar-refractivity contribution is 0.112. The Morgan fingerprint density at radius 1 is 1.21 bits per heavy atom. The first-order chi connectivity index (χ1) is 13.0. The molecule has 0 radical (unpaired) electrons. The molecule has 5 nitrogen and oxygen atoms in total. The molecule has 0 aliphatic rings. The van der Waals surface area contributed by atoms with Crippen molar-refractivity contribution in [2.24, 2.45) is 10.1 Å². The fraction of sp³-hybridized carbons (Fsp3) is 0.273. The van der Waals surface area contributed by atoms with Gasteiger partial charge in [0.1, 0.15) is 12.1 Å². The molecule has 0 spiro atoms. The van der Waals surface area contributed by atoms with Gasteiger partial charge < -0.3 is 15.6 Å². The first kappa shape index (κ1) is 23.5. The van der Waals surface area contributed by atoms with Crippen molar-refractivity contribution in [1.82, 2.24) is 0 Å². The Hall–Kier alpha value is -2.57. The van der Waals surface area contributed by atoms with Crippen molar-refractivity contribution in [1.29, 1.82) is 0 Å². The van der Waals surface area contributed by atoms with Crippen molar-refractivity contribution in [3.8, 4) is 11.1 Å². The van der Waals surface area contributed by atoms with Gasteiger partial charge in [0.25, 0.3) is 0 Å². The van der Waals surface area contributed by atoms with Crippen LogP contribution >= 0.6 is 11.9 Å². The summed E-state index contributed by atoms with van der Waals surface area (Å²) in [5.41, 5.74) is 10.0. The monoisotopic (exact) mass is 400 g/mol. The summed E-state index contributed by atoms with van der Waals surface area (Å²) in [6.07, 6.45) is 0.831. The molecule has 0 aliphatic carbocycles. The molecule has 6 heteroatoms. The van der Waals surface area contributed by atoms with Gasteiger partial charge in [-0.2, -0.15) is 4.40 Å². The Morgan fingerprint density at radius 2 is 1.93 bits per heavy atom. The number of carbonyl (C=O) groups excluding carboxylic acids is 1. The fourth-order valence-electron chi connectivity index (χ4n) is 2.40. The van der Waals surface area contributed by atoms with E-state index in [1.54, 1.807) is 19.9 Å². The Labute approximate surface area is 171 Å². The number of aliphatic hydroxyl groups excluding tert-OH is 1. The van der Waals surface area contributed by atoms with E-state index in [0.717, 1.165) is 27.9 Å². The number of benzene rings is 2. The SMILES string of the molecule is C.CCOCc1cc(C=O)ccc1-c1ccccc1SN=C(N)/C(C)=C(/C)O. The molecule has 0 aromatic heterocycles. The van der Waals surface area contributed by atoms with Gasteiger partial charge in [-0.15, -0.1) is 0 Å². The van der Waals surface area contributed by atoms with Gasteiger partial charge in [0, 0.05) is 34.6 Å². The second-order valence-corrected chi connectivity index (χ2v) is 6.75. The van der Waals surface area contributed by atoms with Gasteiger partial charge in [0.05, 0.1) is 12.4 Å². The molecule has 0 bridgehead atoms. The van der Waals surface area contributed by atoms with E-state index in [0.29, 0.717) is 24.4 Å². The summed E-state index contributed by atoms with van der Waals surface area (Å²) in [7, 11) is 0.